The van der Waals surface area contributed by atoms with Gasteiger partial charge in [0, 0.05) is 5.70 Å². The van der Waals surface area contributed by atoms with Gasteiger partial charge in [0.05, 0.1) is 6.04 Å². The van der Waals surface area contributed by atoms with Crippen LogP contribution in [0.2, 0.25) is 0 Å². The zero-order valence-electron chi connectivity index (χ0n) is 8.83. The Bertz CT molecular complexity index is 394. The lowest BCUT2D eigenvalue weighted by Crippen LogP contribution is -2.36. The molecule has 1 atom stereocenters. The minimum Gasteiger partial charge on any atom is -0.281 e. The highest BCUT2D eigenvalue weighted by molar-refractivity contribution is 5.25. The standard InChI is InChI=1S/C12H12F3N/c1-9-7-8-11(16(9)12(13,14)15)10-5-3-2-4-6-10/h2-7,11H,8H2,1H3. The van der Waals surface area contributed by atoms with Gasteiger partial charge >= 0.3 is 6.30 Å². The Morgan fingerprint density at radius 2 is 1.81 bits per heavy atom. The average Bonchev–Trinajstić information content (AvgIpc) is 2.61. The van der Waals surface area contributed by atoms with Crippen LogP contribution < -0.4 is 0 Å². The number of alkyl halides is 3. The minimum atomic E-state index is -4.31. The smallest absolute Gasteiger partial charge is 0.281 e. The topological polar surface area (TPSA) is 3.24 Å². The van der Waals surface area contributed by atoms with Gasteiger partial charge < -0.3 is 0 Å². The molecule has 1 aromatic rings. The van der Waals surface area contributed by atoms with Crippen molar-refractivity contribution >= 4 is 0 Å². The van der Waals surface area contributed by atoms with Crippen molar-refractivity contribution < 1.29 is 13.2 Å². The Morgan fingerprint density at radius 1 is 1.19 bits per heavy atom. The fourth-order valence-corrected chi connectivity index (χ4v) is 2.07. The fraction of sp³-hybridized carbons (Fsp3) is 0.333. The van der Waals surface area contributed by atoms with E-state index in [0.29, 0.717) is 16.9 Å². The van der Waals surface area contributed by atoms with Gasteiger partial charge in [-0.2, -0.15) is 13.2 Å². The first-order chi connectivity index (χ1) is 7.50. The second-order valence-corrected chi connectivity index (χ2v) is 3.85. The summed E-state index contributed by atoms with van der Waals surface area (Å²) in [6.07, 6.45) is -2.27. The number of nitrogens with zero attached hydrogens (tertiary/aromatic N) is 1. The largest absolute Gasteiger partial charge is 0.485 e. The van der Waals surface area contributed by atoms with E-state index in [2.05, 4.69) is 0 Å². The quantitative estimate of drug-likeness (QED) is 0.658. The van der Waals surface area contributed by atoms with E-state index in [1.807, 2.05) is 0 Å². The number of rotatable bonds is 1. The van der Waals surface area contributed by atoms with Gasteiger partial charge in [0.2, 0.25) is 0 Å². The predicted molar refractivity (Wildman–Crippen MR) is 55.5 cm³/mol. The molecule has 0 aromatic heterocycles. The van der Waals surface area contributed by atoms with Crippen molar-refractivity contribution in [2.45, 2.75) is 25.7 Å². The monoisotopic (exact) mass is 227 g/mol. The summed E-state index contributed by atoms with van der Waals surface area (Å²) < 4.78 is 38.5. The van der Waals surface area contributed by atoms with E-state index in [9.17, 15) is 13.2 Å². The molecular formula is C12H12F3N. The summed E-state index contributed by atoms with van der Waals surface area (Å²) in [7, 11) is 0. The van der Waals surface area contributed by atoms with Gasteiger partial charge in [0.1, 0.15) is 0 Å². The number of hydrogen-bond acceptors (Lipinski definition) is 1. The van der Waals surface area contributed by atoms with Crippen molar-refractivity contribution in [3.05, 3.63) is 47.7 Å². The van der Waals surface area contributed by atoms with Crippen LogP contribution in [0.4, 0.5) is 13.2 Å². The lowest BCUT2D eigenvalue weighted by atomic mass is 10.1. The molecule has 1 aliphatic heterocycles. The van der Waals surface area contributed by atoms with Gasteiger partial charge in [-0.05, 0) is 18.9 Å². The maximum Gasteiger partial charge on any atom is 0.485 e. The molecule has 2 rings (SSSR count). The van der Waals surface area contributed by atoms with Gasteiger partial charge in [-0.25, -0.2) is 0 Å². The van der Waals surface area contributed by atoms with Crippen LogP contribution in [-0.2, 0) is 0 Å². The molecule has 1 aromatic carbocycles. The summed E-state index contributed by atoms with van der Waals surface area (Å²) in [6.45, 7) is 1.50. The SMILES string of the molecule is CC1=CCC(c2ccccc2)N1C(F)(F)F. The molecule has 86 valence electrons. The average molecular weight is 227 g/mol. The molecule has 16 heavy (non-hydrogen) atoms. The van der Waals surface area contributed by atoms with Crippen LogP contribution in [0.25, 0.3) is 0 Å². The van der Waals surface area contributed by atoms with Crippen LogP contribution in [0, 0.1) is 0 Å². The van der Waals surface area contributed by atoms with Gasteiger partial charge in [-0.1, -0.05) is 36.4 Å². The molecule has 0 radical (unpaired) electrons. The number of benzene rings is 1. The van der Waals surface area contributed by atoms with Crippen LogP contribution in [0.15, 0.2) is 42.1 Å². The lowest BCUT2D eigenvalue weighted by Gasteiger charge is -2.30. The molecular weight excluding hydrogens is 215 g/mol. The van der Waals surface area contributed by atoms with E-state index in [1.165, 1.54) is 6.92 Å². The minimum absolute atomic E-state index is 0.279. The third-order valence-corrected chi connectivity index (χ3v) is 2.79. The summed E-state index contributed by atoms with van der Waals surface area (Å²) in [5, 5.41) is 0. The first-order valence-electron chi connectivity index (χ1n) is 5.08. The third kappa shape index (κ3) is 1.92. The molecule has 1 aliphatic rings. The Hall–Kier alpha value is -1.45. The van der Waals surface area contributed by atoms with Crippen molar-refractivity contribution in [1.29, 1.82) is 0 Å². The van der Waals surface area contributed by atoms with E-state index in [1.54, 1.807) is 36.4 Å². The molecule has 1 nitrogen and oxygen atoms in total. The first kappa shape index (κ1) is 11.0. The molecule has 0 N–H and O–H groups in total. The fourth-order valence-electron chi connectivity index (χ4n) is 2.07. The van der Waals surface area contributed by atoms with Crippen LogP contribution in [0.1, 0.15) is 24.9 Å². The maximum atomic E-state index is 12.8. The number of allylic oxidation sites excluding steroid dienone is 1. The van der Waals surface area contributed by atoms with Crippen molar-refractivity contribution in [2.75, 3.05) is 0 Å². The Labute approximate surface area is 92.2 Å². The van der Waals surface area contributed by atoms with E-state index in [0.717, 1.165) is 0 Å². The van der Waals surface area contributed by atoms with E-state index >= 15 is 0 Å². The van der Waals surface area contributed by atoms with Gasteiger partial charge in [-0.15, -0.1) is 0 Å². The molecule has 1 heterocycles. The van der Waals surface area contributed by atoms with Crippen LogP contribution >= 0.6 is 0 Å². The Morgan fingerprint density at radius 3 is 2.38 bits per heavy atom. The second-order valence-electron chi connectivity index (χ2n) is 3.85. The molecule has 1 unspecified atom stereocenters. The summed E-state index contributed by atoms with van der Waals surface area (Å²) >= 11 is 0. The summed E-state index contributed by atoms with van der Waals surface area (Å²) in [6, 6.07) is 8.18. The van der Waals surface area contributed by atoms with Crippen LogP contribution in [0.3, 0.4) is 0 Å². The summed E-state index contributed by atoms with van der Waals surface area (Å²) in [5.41, 5.74) is 0.981. The first-order valence-corrected chi connectivity index (χ1v) is 5.08. The Balaban J connectivity index is 2.31. The van der Waals surface area contributed by atoms with E-state index in [4.69, 9.17) is 0 Å². The highest BCUT2D eigenvalue weighted by atomic mass is 19.4. The zero-order chi connectivity index (χ0) is 11.8. The molecule has 0 fully saturated rings. The lowest BCUT2D eigenvalue weighted by molar-refractivity contribution is -0.242. The summed E-state index contributed by atoms with van der Waals surface area (Å²) in [4.78, 5) is 0.530. The number of halogens is 3. The van der Waals surface area contributed by atoms with Crippen molar-refractivity contribution in [3.8, 4) is 0 Å². The molecule has 0 aliphatic carbocycles. The number of hydrogen-bond donors (Lipinski definition) is 0. The Kier molecular flexibility index (Phi) is 2.66. The zero-order valence-corrected chi connectivity index (χ0v) is 8.83. The molecule has 4 heteroatoms. The highest BCUT2D eigenvalue weighted by Crippen LogP contribution is 2.41. The molecule has 0 bridgehead atoms. The van der Waals surface area contributed by atoms with Crippen molar-refractivity contribution in [2.24, 2.45) is 0 Å². The molecule has 0 spiro atoms. The van der Waals surface area contributed by atoms with E-state index < -0.39 is 12.3 Å². The van der Waals surface area contributed by atoms with Gasteiger partial charge in [0.15, 0.2) is 0 Å². The van der Waals surface area contributed by atoms with Gasteiger partial charge in [-0.3, -0.25) is 4.90 Å². The second kappa shape index (κ2) is 3.85. The predicted octanol–water partition coefficient (Wildman–Crippen LogP) is 3.86. The van der Waals surface area contributed by atoms with Crippen LogP contribution in [0.5, 0.6) is 0 Å². The molecule has 0 amide bonds. The summed E-state index contributed by atoms with van der Waals surface area (Å²) in [5.74, 6) is 0. The van der Waals surface area contributed by atoms with Crippen molar-refractivity contribution in [1.82, 2.24) is 4.90 Å². The third-order valence-electron chi connectivity index (χ3n) is 2.79. The molecule has 0 saturated heterocycles. The highest BCUT2D eigenvalue weighted by Gasteiger charge is 2.44. The van der Waals surface area contributed by atoms with Crippen LogP contribution in [-0.4, -0.2) is 11.2 Å². The molecule has 0 saturated carbocycles. The maximum absolute atomic E-state index is 12.8. The van der Waals surface area contributed by atoms with E-state index in [-0.39, 0.29) is 5.70 Å². The van der Waals surface area contributed by atoms with Gasteiger partial charge in [0.25, 0.3) is 0 Å². The normalized spacial score (nSPS) is 21.1. The van der Waals surface area contributed by atoms with Crippen molar-refractivity contribution in [3.63, 3.8) is 0 Å².